The lowest BCUT2D eigenvalue weighted by atomic mass is 9.93. The van der Waals surface area contributed by atoms with Crippen LogP contribution in [0.2, 0.25) is 0 Å². The summed E-state index contributed by atoms with van der Waals surface area (Å²) in [6.07, 6.45) is 6.20. The molecule has 27 heavy (non-hydrogen) atoms. The number of fused-ring (bicyclic) bond motifs is 1. The molecule has 2 aliphatic heterocycles. The predicted molar refractivity (Wildman–Crippen MR) is 113 cm³/mol. The van der Waals surface area contributed by atoms with Gasteiger partial charge >= 0.3 is 0 Å². The highest BCUT2D eigenvalue weighted by molar-refractivity contribution is 9.10. The van der Waals surface area contributed by atoms with Gasteiger partial charge < -0.3 is 9.64 Å². The summed E-state index contributed by atoms with van der Waals surface area (Å²) in [5.41, 5.74) is 1.01. The van der Waals surface area contributed by atoms with Crippen LogP contribution in [0.15, 0.2) is 29.0 Å². The molecule has 146 valence electrons. The van der Waals surface area contributed by atoms with Crippen LogP contribution in [0.25, 0.3) is 10.9 Å². The minimum absolute atomic E-state index is 0.362. The smallest absolute Gasteiger partial charge is 0.139 e. The molecule has 4 rings (SSSR count). The molecule has 5 nitrogen and oxygen atoms in total. The minimum atomic E-state index is 0.362. The Morgan fingerprint density at radius 2 is 1.85 bits per heavy atom. The molecule has 2 atom stereocenters. The van der Waals surface area contributed by atoms with Gasteiger partial charge in [0.1, 0.15) is 12.1 Å². The Hall–Kier alpha value is -1.24. The molecule has 2 aliphatic rings. The summed E-state index contributed by atoms with van der Waals surface area (Å²) in [4.78, 5) is 14.0. The minimum Gasteiger partial charge on any atom is -0.373 e. The van der Waals surface area contributed by atoms with E-state index in [2.05, 4.69) is 61.7 Å². The maximum Gasteiger partial charge on any atom is 0.139 e. The number of ether oxygens (including phenoxy) is 1. The molecule has 2 fully saturated rings. The fourth-order valence-corrected chi connectivity index (χ4v) is 4.89. The van der Waals surface area contributed by atoms with Gasteiger partial charge in [0.2, 0.25) is 0 Å². The van der Waals surface area contributed by atoms with Crippen LogP contribution in [0.1, 0.15) is 33.1 Å². The van der Waals surface area contributed by atoms with Crippen molar-refractivity contribution in [1.29, 1.82) is 0 Å². The zero-order valence-corrected chi connectivity index (χ0v) is 17.9. The van der Waals surface area contributed by atoms with Gasteiger partial charge in [0.15, 0.2) is 0 Å². The highest BCUT2D eigenvalue weighted by Gasteiger charge is 2.25. The molecule has 1 aromatic heterocycles. The molecule has 0 amide bonds. The molecule has 2 unspecified atom stereocenters. The van der Waals surface area contributed by atoms with E-state index in [1.54, 1.807) is 6.33 Å². The van der Waals surface area contributed by atoms with Crippen molar-refractivity contribution in [3.8, 4) is 0 Å². The van der Waals surface area contributed by atoms with Crippen LogP contribution in [-0.4, -0.2) is 59.8 Å². The zero-order chi connectivity index (χ0) is 18.8. The second-order valence-electron chi connectivity index (χ2n) is 8.09. The van der Waals surface area contributed by atoms with E-state index in [0.29, 0.717) is 12.2 Å². The van der Waals surface area contributed by atoms with Gasteiger partial charge in [-0.15, -0.1) is 0 Å². The quantitative estimate of drug-likeness (QED) is 0.726. The Bertz CT molecular complexity index is 768. The molecule has 0 N–H and O–H groups in total. The maximum atomic E-state index is 5.85. The van der Waals surface area contributed by atoms with Crippen LogP contribution < -0.4 is 4.90 Å². The second-order valence-corrected chi connectivity index (χ2v) is 9.01. The molecule has 0 spiro atoms. The van der Waals surface area contributed by atoms with Crippen molar-refractivity contribution in [3.05, 3.63) is 29.0 Å². The molecule has 0 radical (unpaired) electrons. The standard InChI is InChI=1S/C21H29BrN4O/c1-15-12-25(13-16(2)27-15)8-5-17-6-9-26(10-7-17)21-19-11-18(22)3-4-20(19)23-14-24-21/h3-4,11,14-17H,5-10,12-13H2,1-2H3. The van der Waals surface area contributed by atoms with Crippen LogP contribution in [0.5, 0.6) is 0 Å². The summed E-state index contributed by atoms with van der Waals surface area (Å²) < 4.78 is 6.93. The highest BCUT2D eigenvalue weighted by atomic mass is 79.9. The van der Waals surface area contributed by atoms with E-state index < -0.39 is 0 Å². The molecule has 2 saturated heterocycles. The van der Waals surface area contributed by atoms with E-state index in [1.807, 2.05) is 6.07 Å². The summed E-state index contributed by atoms with van der Waals surface area (Å²) >= 11 is 3.58. The second kappa shape index (κ2) is 8.41. The van der Waals surface area contributed by atoms with E-state index in [4.69, 9.17) is 4.74 Å². The lowest BCUT2D eigenvalue weighted by Gasteiger charge is -2.37. The fourth-order valence-electron chi connectivity index (χ4n) is 4.53. The van der Waals surface area contributed by atoms with Crippen LogP contribution in [0.4, 0.5) is 5.82 Å². The first-order valence-electron chi connectivity index (χ1n) is 10.1. The Kier molecular flexibility index (Phi) is 5.95. The van der Waals surface area contributed by atoms with Crippen molar-refractivity contribution in [2.45, 2.75) is 45.3 Å². The van der Waals surface area contributed by atoms with Crippen molar-refractivity contribution in [2.24, 2.45) is 5.92 Å². The van der Waals surface area contributed by atoms with Gasteiger partial charge in [0, 0.05) is 36.0 Å². The lowest BCUT2D eigenvalue weighted by Crippen LogP contribution is -2.46. The lowest BCUT2D eigenvalue weighted by molar-refractivity contribution is -0.0690. The number of halogens is 1. The molecule has 3 heterocycles. The average molecular weight is 433 g/mol. The van der Waals surface area contributed by atoms with Crippen molar-refractivity contribution in [2.75, 3.05) is 37.6 Å². The van der Waals surface area contributed by atoms with Gasteiger partial charge in [0.25, 0.3) is 0 Å². The topological polar surface area (TPSA) is 41.5 Å². The van der Waals surface area contributed by atoms with Crippen molar-refractivity contribution < 1.29 is 4.74 Å². The van der Waals surface area contributed by atoms with Crippen LogP contribution in [-0.2, 0) is 4.74 Å². The number of hydrogen-bond donors (Lipinski definition) is 0. The zero-order valence-electron chi connectivity index (χ0n) is 16.3. The molecule has 0 aliphatic carbocycles. The van der Waals surface area contributed by atoms with Crippen LogP contribution in [0.3, 0.4) is 0 Å². The summed E-state index contributed by atoms with van der Waals surface area (Å²) in [5.74, 6) is 1.89. The molecule has 1 aromatic carbocycles. The highest BCUT2D eigenvalue weighted by Crippen LogP contribution is 2.30. The van der Waals surface area contributed by atoms with Crippen LogP contribution in [0, 0.1) is 5.92 Å². The number of benzene rings is 1. The third kappa shape index (κ3) is 4.61. The van der Waals surface area contributed by atoms with Gasteiger partial charge in [-0.25, -0.2) is 9.97 Å². The van der Waals surface area contributed by atoms with E-state index in [1.165, 1.54) is 25.8 Å². The Balaban J connectivity index is 1.34. The van der Waals surface area contributed by atoms with E-state index in [0.717, 1.165) is 53.3 Å². The molecule has 2 aromatic rings. The Labute approximate surface area is 170 Å². The number of hydrogen-bond acceptors (Lipinski definition) is 5. The summed E-state index contributed by atoms with van der Waals surface area (Å²) in [6, 6.07) is 6.23. The van der Waals surface area contributed by atoms with Crippen LogP contribution >= 0.6 is 15.9 Å². The summed E-state index contributed by atoms with van der Waals surface area (Å²) in [6.45, 7) is 9.89. The third-order valence-electron chi connectivity index (χ3n) is 5.84. The normalized spacial score (nSPS) is 25.2. The number of anilines is 1. The Morgan fingerprint density at radius 3 is 2.59 bits per heavy atom. The van der Waals surface area contributed by atoms with Gasteiger partial charge in [0.05, 0.1) is 17.7 Å². The maximum absolute atomic E-state index is 5.85. The Morgan fingerprint density at radius 1 is 1.11 bits per heavy atom. The first kappa shape index (κ1) is 19.1. The SMILES string of the molecule is CC1CN(CCC2CCN(c3ncnc4ccc(Br)cc34)CC2)CC(C)O1. The van der Waals surface area contributed by atoms with Gasteiger partial charge in [-0.05, 0) is 63.8 Å². The molecular weight excluding hydrogens is 404 g/mol. The number of aromatic nitrogens is 2. The van der Waals surface area contributed by atoms with E-state index in [-0.39, 0.29) is 0 Å². The molecule has 6 heteroatoms. The third-order valence-corrected chi connectivity index (χ3v) is 6.33. The number of morpholine rings is 1. The fraction of sp³-hybridized carbons (Fsp3) is 0.619. The van der Waals surface area contributed by atoms with Crippen molar-refractivity contribution in [1.82, 2.24) is 14.9 Å². The first-order valence-corrected chi connectivity index (χ1v) is 10.9. The molecule has 0 saturated carbocycles. The molecule has 0 bridgehead atoms. The number of nitrogens with zero attached hydrogens (tertiary/aromatic N) is 4. The van der Waals surface area contributed by atoms with E-state index >= 15 is 0 Å². The van der Waals surface area contributed by atoms with Gasteiger partial charge in [-0.1, -0.05) is 15.9 Å². The number of piperidine rings is 1. The predicted octanol–water partition coefficient (Wildman–Crippen LogP) is 4.11. The van der Waals surface area contributed by atoms with Gasteiger partial charge in [-0.2, -0.15) is 0 Å². The van der Waals surface area contributed by atoms with E-state index in [9.17, 15) is 0 Å². The molecular formula is C21H29BrN4O. The average Bonchev–Trinajstić information content (AvgIpc) is 2.66. The van der Waals surface area contributed by atoms with Crippen molar-refractivity contribution >= 4 is 32.7 Å². The largest absolute Gasteiger partial charge is 0.373 e. The van der Waals surface area contributed by atoms with Crippen molar-refractivity contribution in [3.63, 3.8) is 0 Å². The number of rotatable bonds is 4. The summed E-state index contributed by atoms with van der Waals surface area (Å²) in [7, 11) is 0. The van der Waals surface area contributed by atoms with Gasteiger partial charge in [-0.3, -0.25) is 4.90 Å². The first-order chi connectivity index (χ1) is 13.1. The monoisotopic (exact) mass is 432 g/mol. The summed E-state index contributed by atoms with van der Waals surface area (Å²) in [5, 5.41) is 1.14.